The number of nitrogens with one attached hydrogen (secondary N) is 1. The summed E-state index contributed by atoms with van der Waals surface area (Å²) in [5.41, 5.74) is -3.03. The number of para-hydroxylation sites is 1. The third-order valence-electron chi connectivity index (χ3n) is 5.22. The number of nitrogens with zero attached hydrogens (tertiary/aromatic N) is 2. The number of carbonyl (C=O) groups is 3. The van der Waals surface area contributed by atoms with Crippen molar-refractivity contribution in [1.82, 2.24) is 9.80 Å². The largest absolute Gasteiger partial charge is 0.467 e. The van der Waals surface area contributed by atoms with E-state index in [0.717, 1.165) is 24.0 Å². The molecule has 188 valence electrons. The molecular weight excluding hydrogens is 484 g/mol. The van der Waals surface area contributed by atoms with Crippen molar-refractivity contribution in [2.75, 3.05) is 26.0 Å². The van der Waals surface area contributed by atoms with Crippen LogP contribution in [0.15, 0.2) is 42.5 Å². The standard InChI is InChI=1S/C22H19F6N3O4/c1-30(10-12-7-13(21(23,24)25)9-14(8-12)22(26,27)28)20(34)31-11-17(32)29-16-6-4-3-5-15(16)18(31)19(33)35-2/h3-9,18H,10-11H2,1-2H3,(H,29,32). The van der Waals surface area contributed by atoms with Crippen LogP contribution in [0.5, 0.6) is 0 Å². The molecule has 1 heterocycles. The molecule has 2 aromatic rings. The minimum absolute atomic E-state index is 0.0192. The van der Waals surface area contributed by atoms with Crippen LogP contribution in [-0.2, 0) is 33.2 Å². The first-order chi connectivity index (χ1) is 16.2. The maximum absolute atomic E-state index is 13.2. The maximum atomic E-state index is 13.2. The number of rotatable bonds is 3. The summed E-state index contributed by atoms with van der Waals surface area (Å²) in [5, 5.41) is 2.54. The van der Waals surface area contributed by atoms with E-state index in [4.69, 9.17) is 4.74 Å². The molecular formula is C22H19F6N3O4. The Kier molecular flexibility index (Phi) is 6.99. The molecule has 13 heteroatoms. The highest BCUT2D eigenvalue weighted by Crippen LogP contribution is 2.37. The lowest BCUT2D eigenvalue weighted by Gasteiger charge is -2.32. The van der Waals surface area contributed by atoms with Gasteiger partial charge in [-0.1, -0.05) is 18.2 Å². The summed E-state index contributed by atoms with van der Waals surface area (Å²) >= 11 is 0. The number of alkyl halides is 6. The Hall–Kier alpha value is -3.77. The van der Waals surface area contributed by atoms with Crippen LogP contribution in [0.1, 0.15) is 28.3 Å². The molecule has 0 bridgehead atoms. The van der Waals surface area contributed by atoms with Crippen molar-refractivity contribution in [2.24, 2.45) is 0 Å². The fraction of sp³-hybridized carbons (Fsp3) is 0.318. The number of hydrogen-bond donors (Lipinski definition) is 1. The van der Waals surface area contributed by atoms with Gasteiger partial charge < -0.3 is 15.0 Å². The van der Waals surface area contributed by atoms with Crippen LogP contribution in [0.25, 0.3) is 0 Å². The van der Waals surface area contributed by atoms with Gasteiger partial charge >= 0.3 is 24.4 Å². The summed E-state index contributed by atoms with van der Waals surface area (Å²) < 4.78 is 83.9. The summed E-state index contributed by atoms with van der Waals surface area (Å²) in [4.78, 5) is 39.8. The molecule has 1 N–H and O–H groups in total. The van der Waals surface area contributed by atoms with Crippen LogP contribution >= 0.6 is 0 Å². The van der Waals surface area contributed by atoms with Crippen LogP contribution in [-0.4, -0.2) is 48.4 Å². The zero-order valence-corrected chi connectivity index (χ0v) is 18.3. The van der Waals surface area contributed by atoms with E-state index in [9.17, 15) is 40.7 Å². The molecule has 0 aliphatic carbocycles. The summed E-state index contributed by atoms with van der Waals surface area (Å²) in [6.45, 7) is -1.28. The number of ether oxygens (including phenoxy) is 1. The van der Waals surface area contributed by atoms with Gasteiger partial charge in [0.15, 0.2) is 6.04 Å². The average Bonchev–Trinajstić information content (AvgIpc) is 2.92. The van der Waals surface area contributed by atoms with Gasteiger partial charge in [0.2, 0.25) is 5.91 Å². The van der Waals surface area contributed by atoms with Gasteiger partial charge in [0.25, 0.3) is 0 Å². The fourth-order valence-electron chi connectivity index (χ4n) is 3.67. The van der Waals surface area contributed by atoms with Crippen molar-refractivity contribution in [3.63, 3.8) is 0 Å². The average molecular weight is 503 g/mol. The molecule has 35 heavy (non-hydrogen) atoms. The van der Waals surface area contributed by atoms with Gasteiger partial charge in [-0.05, 0) is 29.8 Å². The number of fused-ring (bicyclic) bond motifs is 1. The molecule has 0 saturated heterocycles. The normalized spacial score (nSPS) is 16.2. The number of methoxy groups -OCH3 is 1. The van der Waals surface area contributed by atoms with Crippen molar-refractivity contribution >= 4 is 23.6 Å². The molecule has 0 fully saturated rings. The lowest BCUT2D eigenvalue weighted by Crippen LogP contribution is -2.47. The summed E-state index contributed by atoms with van der Waals surface area (Å²) in [5.74, 6) is -1.56. The van der Waals surface area contributed by atoms with Crippen LogP contribution in [0.4, 0.5) is 36.8 Å². The predicted octanol–water partition coefficient (Wildman–Crippen LogP) is 4.44. The summed E-state index contributed by atoms with van der Waals surface area (Å²) in [7, 11) is 2.19. The number of benzene rings is 2. The van der Waals surface area contributed by atoms with Crippen molar-refractivity contribution in [3.05, 3.63) is 64.7 Å². The van der Waals surface area contributed by atoms with Gasteiger partial charge in [-0.15, -0.1) is 0 Å². The number of anilines is 1. The van der Waals surface area contributed by atoms with Gasteiger partial charge in [0, 0.05) is 24.8 Å². The molecule has 3 amide bonds. The summed E-state index contributed by atoms with van der Waals surface area (Å²) in [6, 6.07) is 4.73. The van der Waals surface area contributed by atoms with Gasteiger partial charge in [0.05, 0.1) is 18.2 Å². The molecule has 7 nitrogen and oxygen atoms in total. The molecule has 1 atom stereocenters. The topological polar surface area (TPSA) is 79.0 Å². The Balaban J connectivity index is 1.98. The van der Waals surface area contributed by atoms with E-state index in [0.29, 0.717) is 12.1 Å². The van der Waals surface area contributed by atoms with E-state index in [1.165, 1.54) is 12.1 Å². The molecule has 1 unspecified atom stereocenters. The summed E-state index contributed by atoms with van der Waals surface area (Å²) in [6.07, 6.45) is -10.1. The maximum Gasteiger partial charge on any atom is 0.416 e. The lowest BCUT2D eigenvalue weighted by molar-refractivity contribution is -0.147. The van der Waals surface area contributed by atoms with Gasteiger partial charge in [-0.3, -0.25) is 9.69 Å². The van der Waals surface area contributed by atoms with E-state index in [1.807, 2.05) is 0 Å². The molecule has 0 saturated carbocycles. The number of hydrogen-bond acceptors (Lipinski definition) is 4. The Labute approximate surface area is 195 Å². The Morgan fingerprint density at radius 3 is 2.17 bits per heavy atom. The predicted molar refractivity (Wildman–Crippen MR) is 110 cm³/mol. The van der Waals surface area contributed by atoms with Crippen LogP contribution < -0.4 is 5.32 Å². The van der Waals surface area contributed by atoms with Crippen molar-refractivity contribution < 1.29 is 45.5 Å². The van der Waals surface area contributed by atoms with E-state index < -0.39 is 66.1 Å². The Bertz CT molecular complexity index is 1120. The number of esters is 1. The highest BCUT2D eigenvalue weighted by Gasteiger charge is 2.40. The molecule has 0 radical (unpaired) electrons. The quantitative estimate of drug-likeness (QED) is 0.496. The molecule has 0 spiro atoms. The smallest absolute Gasteiger partial charge is 0.416 e. The molecule has 1 aliphatic rings. The first-order valence-corrected chi connectivity index (χ1v) is 9.99. The van der Waals surface area contributed by atoms with Crippen LogP contribution in [0.2, 0.25) is 0 Å². The number of amides is 3. The van der Waals surface area contributed by atoms with Gasteiger partial charge in [0.1, 0.15) is 6.54 Å². The Morgan fingerprint density at radius 1 is 1.06 bits per heavy atom. The SMILES string of the molecule is COC(=O)C1c2ccccc2NC(=O)CN1C(=O)N(C)Cc1cc(C(F)(F)F)cc(C(F)(F)F)c1. The van der Waals surface area contributed by atoms with E-state index >= 15 is 0 Å². The first kappa shape index (κ1) is 25.8. The molecule has 3 rings (SSSR count). The Morgan fingerprint density at radius 2 is 1.63 bits per heavy atom. The second kappa shape index (κ2) is 9.47. The van der Waals surface area contributed by atoms with Gasteiger partial charge in [-0.25, -0.2) is 9.59 Å². The fourth-order valence-corrected chi connectivity index (χ4v) is 3.67. The highest BCUT2D eigenvalue weighted by atomic mass is 19.4. The first-order valence-electron chi connectivity index (χ1n) is 9.99. The molecule has 2 aromatic carbocycles. The van der Waals surface area contributed by atoms with Gasteiger partial charge in [-0.2, -0.15) is 26.3 Å². The third kappa shape index (κ3) is 5.66. The zero-order valence-electron chi connectivity index (χ0n) is 18.3. The van der Waals surface area contributed by atoms with Crippen molar-refractivity contribution in [3.8, 4) is 0 Å². The molecule has 1 aliphatic heterocycles. The van der Waals surface area contributed by atoms with Crippen molar-refractivity contribution in [1.29, 1.82) is 0 Å². The second-order valence-electron chi connectivity index (χ2n) is 7.74. The van der Waals surface area contributed by atoms with E-state index in [2.05, 4.69) is 5.32 Å². The number of halogens is 6. The number of urea groups is 1. The monoisotopic (exact) mass is 503 g/mol. The lowest BCUT2D eigenvalue weighted by atomic mass is 10.0. The van der Waals surface area contributed by atoms with Crippen LogP contribution in [0.3, 0.4) is 0 Å². The van der Waals surface area contributed by atoms with E-state index in [-0.39, 0.29) is 17.3 Å². The number of carbonyl (C=O) groups excluding carboxylic acids is 3. The van der Waals surface area contributed by atoms with E-state index in [1.54, 1.807) is 12.1 Å². The minimum Gasteiger partial charge on any atom is -0.467 e. The second-order valence-corrected chi connectivity index (χ2v) is 7.74. The molecule has 0 aromatic heterocycles. The highest BCUT2D eigenvalue weighted by molar-refractivity contribution is 5.99. The minimum atomic E-state index is -5.05. The third-order valence-corrected chi connectivity index (χ3v) is 5.22. The zero-order chi connectivity index (χ0) is 26.1. The van der Waals surface area contributed by atoms with Crippen molar-refractivity contribution in [2.45, 2.75) is 24.9 Å². The van der Waals surface area contributed by atoms with Crippen LogP contribution in [0, 0.1) is 0 Å².